The van der Waals surface area contributed by atoms with Crippen molar-refractivity contribution in [1.29, 1.82) is 0 Å². The van der Waals surface area contributed by atoms with E-state index in [0.29, 0.717) is 0 Å². The zero-order chi connectivity index (χ0) is 99.4. The fourth-order valence-electron chi connectivity index (χ4n) is 20.0. The van der Waals surface area contributed by atoms with Crippen molar-refractivity contribution in [3.63, 3.8) is 0 Å². The molecule has 0 radical (unpaired) electrons. The van der Waals surface area contributed by atoms with Crippen molar-refractivity contribution in [2.24, 2.45) is 0 Å². The van der Waals surface area contributed by atoms with Gasteiger partial charge in [-0.1, -0.05) is 320 Å². The molecule has 0 saturated carbocycles. The summed E-state index contributed by atoms with van der Waals surface area (Å²) in [6.07, 6.45) is 8.01. The number of anilines is 1. The van der Waals surface area contributed by atoms with Gasteiger partial charge in [-0.25, -0.2) is 24.9 Å². The minimum Gasteiger partial charge on any atom is -0.508 e. The SMILES string of the molecule is Brc1ccc2[nH]cc(-c3nc(-c4ccccc4)c(-c4cccc5ccccc45)[nH]3)c2c1.Cc1[nH]c2ccccc2c1-c1nc(-c2ccccc2)c(-c2cccc3ccccc23)[nH]1.Cc1ccc2c(c1)c1cc(C)ccc1c1[nH]c(-c3c[nH]c4ccc(Br)cc34)nc21.Nc1ccc(-c2[nH]c(-c3c[nH]c4ccccc34)nc2-c2ccccc2)cc1.Oc1ccc(-c2nc(-c3c[nH]c4ccc(Br)cc34)[nH]c2-c2ccc(O)cc2)cc1. The van der Waals surface area contributed by atoms with Gasteiger partial charge in [0.2, 0.25) is 0 Å². The fraction of sp³-hybridized carbons (Fsp3) is 0.0238. The molecule has 0 unspecified atom stereocenters. The number of aryl methyl sites for hydroxylation is 3. The van der Waals surface area contributed by atoms with Crippen molar-refractivity contribution in [3.8, 4) is 158 Å². The van der Waals surface area contributed by atoms with E-state index in [4.69, 9.17) is 30.7 Å². The number of imidazole rings is 5. The smallest absolute Gasteiger partial charge is 0.140 e. The third kappa shape index (κ3) is 17.8. The molecule has 18 nitrogen and oxygen atoms in total. The molecule has 0 atom stereocenters. The number of nitrogens with two attached hydrogens (primary N) is 1. The van der Waals surface area contributed by atoms with Crippen molar-refractivity contribution >= 4 is 162 Å². The Morgan fingerprint density at radius 3 is 1.06 bits per heavy atom. The van der Waals surface area contributed by atoms with E-state index in [9.17, 15) is 10.2 Å². The molecular weight excluding hydrogens is 2010 g/mol. The number of aromatic nitrogens is 15. The van der Waals surface area contributed by atoms with Crippen LogP contribution in [0.1, 0.15) is 16.8 Å². The van der Waals surface area contributed by atoms with E-state index in [1.165, 1.54) is 59.6 Å². The van der Waals surface area contributed by atoms with Crippen LogP contribution in [0.5, 0.6) is 11.5 Å². The highest BCUT2D eigenvalue weighted by Gasteiger charge is 2.27. The van der Waals surface area contributed by atoms with Crippen LogP contribution >= 0.6 is 47.8 Å². The molecule has 14 N–H and O–H groups in total. The van der Waals surface area contributed by atoms with Gasteiger partial charge in [-0.3, -0.25) is 0 Å². The van der Waals surface area contributed by atoms with Crippen molar-refractivity contribution in [3.05, 3.63) is 443 Å². The Labute approximate surface area is 868 Å². The number of phenols is 2. The van der Waals surface area contributed by atoms with E-state index in [2.05, 4.69) is 367 Å². The van der Waals surface area contributed by atoms with Gasteiger partial charge in [-0.05, 0) is 180 Å². The lowest BCUT2D eigenvalue weighted by Crippen LogP contribution is -1.86. The number of aromatic amines is 10. The van der Waals surface area contributed by atoms with Crippen molar-refractivity contribution in [2.75, 3.05) is 5.73 Å². The zero-order valence-electron chi connectivity index (χ0n) is 79.6. The van der Waals surface area contributed by atoms with Crippen molar-refractivity contribution in [1.82, 2.24) is 74.8 Å². The van der Waals surface area contributed by atoms with E-state index in [0.717, 1.165) is 232 Å². The number of hydrogen-bond donors (Lipinski definition) is 13. The van der Waals surface area contributed by atoms with Gasteiger partial charge in [0, 0.05) is 187 Å². The van der Waals surface area contributed by atoms with E-state index in [1.54, 1.807) is 24.3 Å². The number of nitrogens with zero attached hydrogens (tertiary/aromatic N) is 5. The molecule has 0 bridgehead atoms. The Kier molecular flexibility index (Phi) is 24.2. The van der Waals surface area contributed by atoms with Crippen LogP contribution in [-0.4, -0.2) is 85.0 Å². The lowest BCUT2D eigenvalue weighted by Gasteiger charge is -2.08. The van der Waals surface area contributed by atoms with E-state index < -0.39 is 0 Å². The standard InChI is InChI=1S/C28H21N3.C27H18BrN3.C25H18BrN3.C23H16BrN3O2.C23H18N4/c1-18-25(23-15-7-8-17-24(23)29-18)28-30-26(20-11-3-2-4-12-20)27(31-28)22-16-9-13-19-10-5-6-14-21(19)22;28-19-13-14-24-22(15-19)23(16-29-24)27-30-25(18-8-2-1-3-9-18)26(31-27)21-12-6-10-17-7-4-5-11-20(17)21;1-13-3-6-16-18(9-13)19-10-14(2)4-7-17(19)24-23(16)28-25(29-24)21-12-27-22-8-5-15(26)11-20(21)22;24-15-5-10-20-18(11-15)19(12-25-20)23-26-21(13-1-6-16(28)7-2-13)22(27-23)14-3-8-17(29)9-4-14;24-17-12-10-16(11-13-17)22-21(15-6-2-1-3-7-15)26-23(27-22)19-14-25-20-9-5-4-8-18(19)20/h2-17,29H,1H3,(H,30,31);1-16,29H,(H,30,31);3-12,27H,1-2H3,(H,28,29);1-12,25,28-29H,(H,26,27);1-14,25H,24H2,(H,26,27). The number of para-hydroxylation sites is 2. The maximum atomic E-state index is 9.66. The summed E-state index contributed by atoms with van der Waals surface area (Å²) in [5.74, 6) is 4.62. The van der Waals surface area contributed by atoms with Crippen LogP contribution in [0, 0.1) is 20.8 Å². The van der Waals surface area contributed by atoms with Crippen molar-refractivity contribution < 1.29 is 10.2 Å². The molecular formula is C126H91Br3N16O2. The number of rotatable bonds is 13. The second kappa shape index (κ2) is 38.9. The van der Waals surface area contributed by atoms with Crippen LogP contribution in [0.2, 0.25) is 0 Å². The minimum atomic E-state index is 0.206. The summed E-state index contributed by atoms with van der Waals surface area (Å²) in [6.45, 7) is 6.40. The van der Waals surface area contributed by atoms with Gasteiger partial charge < -0.3 is 65.8 Å². The second-order valence-electron chi connectivity index (χ2n) is 36.6. The molecule has 0 aliphatic carbocycles. The van der Waals surface area contributed by atoms with Crippen LogP contribution in [0.4, 0.5) is 5.69 Å². The summed E-state index contributed by atoms with van der Waals surface area (Å²) in [4.78, 5) is 60.0. The number of fused-ring (bicyclic) bond motifs is 13. The molecule has 0 fully saturated rings. The molecule has 708 valence electrons. The van der Waals surface area contributed by atoms with Gasteiger partial charge >= 0.3 is 0 Å². The van der Waals surface area contributed by atoms with Gasteiger partial charge in [-0.2, -0.15) is 0 Å². The highest BCUT2D eigenvalue weighted by Crippen LogP contribution is 2.46. The molecule has 0 aliphatic rings. The Balaban J connectivity index is 0.0000000984. The molecule has 18 aromatic carbocycles. The molecule has 28 rings (SSSR count). The molecule has 0 aliphatic heterocycles. The van der Waals surface area contributed by atoms with E-state index >= 15 is 0 Å². The first kappa shape index (κ1) is 91.3. The van der Waals surface area contributed by atoms with Gasteiger partial charge in [-0.15, -0.1) is 0 Å². The molecule has 10 aromatic heterocycles. The quantitative estimate of drug-likeness (QED) is 0.0388. The molecule has 0 saturated heterocycles. The largest absolute Gasteiger partial charge is 0.508 e. The molecule has 21 heteroatoms. The first-order valence-corrected chi connectivity index (χ1v) is 50.7. The third-order valence-corrected chi connectivity index (χ3v) is 28.6. The van der Waals surface area contributed by atoms with E-state index in [1.807, 2.05) is 140 Å². The number of nitrogens with one attached hydrogen (secondary N) is 10. The predicted octanol–water partition coefficient (Wildman–Crippen LogP) is 34.1. The summed E-state index contributed by atoms with van der Waals surface area (Å²) in [5, 5.41) is 34.8. The van der Waals surface area contributed by atoms with Gasteiger partial charge in [0.1, 0.15) is 40.6 Å². The molecule has 28 aromatic rings. The molecule has 147 heavy (non-hydrogen) atoms. The Morgan fingerprint density at radius 2 is 0.585 bits per heavy atom. The maximum Gasteiger partial charge on any atom is 0.140 e. The molecule has 0 amide bonds. The second-order valence-corrected chi connectivity index (χ2v) is 39.4. The average molecular weight is 2100 g/mol. The summed E-state index contributed by atoms with van der Waals surface area (Å²) < 4.78 is 3.10. The third-order valence-electron chi connectivity index (χ3n) is 27.1. The predicted molar refractivity (Wildman–Crippen MR) is 615 cm³/mol. The van der Waals surface area contributed by atoms with Crippen molar-refractivity contribution in [2.45, 2.75) is 20.8 Å². The Hall–Kier alpha value is -18.2. The van der Waals surface area contributed by atoms with Crippen LogP contribution in [0.3, 0.4) is 0 Å². The fourth-order valence-corrected chi connectivity index (χ4v) is 21.1. The van der Waals surface area contributed by atoms with Crippen LogP contribution < -0.4 is 5.73 Å². The number of aromatic hydroxyl groups is 2. The summed E-state index contributed by atoms with van der Waals surface area (Å²) in [7, 11) is 0. The Bertz CT molecular complexity index is 9660. The number of H-pyrrole nitrogens is 10. The molecule has 10 heterocycles. The average Bonchev–Trinajstić information content (AvgIpc) is 1.61. The number of phenolic OH excluding ortho intramolecular Hbond substituents is 2. The number of nitrogen functional groups attached to an aromatic ring is 1. The first-order chi connectivity index (χ1) is 72.0. The van der Waals surface area contributed by atoms with Crippen LogP contribution in [0.15, 0.2) is 426 Å². The summed E-state index contributed by atoms with van der Waals surface area (Å²) in [6, 6.07) is 131. The number of hydrogen-bond acceptors (Lipinski definition) is 8. The Morgan fingerprint density at radius 1 is 0.238 bits per heavy atom. The highest BCUT2D eigenvalue weighted by molar-refractivity contribution is 9.11. The maximum absolute atomic E-state index is 9.66. The zero-order valence-corrected chi connectivity index (χ0v) is 84.4. The summed E-state index contributed by atoms with van der Waals surface area (Å²) in [5.41, 5.74) is 39.0. The lowest BCUT2D eigenvalue weighted by molar-refractivity contribution is 0.475. The molecule has 0 spiro atoms. The minimum absolute atomic E-state index is 0.206. The summed E-state index contributed by atoms with van der Waals surface area (Å²) >= 11 is 10.7. The highest BCUT2D eigenvalue weighted by atomic mass is 79.9. The normalized spacial score (nSPS) is 11.4. The monoisotopic (exact) mass is 2100 g/mol. The topological polar surface area (TPSA) is 289 Å². The van der Waals surface area contributed by atoms with Gasteiger partial charge in [0.15, 0.2) is 0 Å². The first-order valence-electron chi connectivity index (χ1n) is 48.3. The van der Waals surface area contributed by atoms with Gasteiger partial charge in [0.25, 0.3) is 0 Å². The number of benzene rings is 18. The van der Waals surface area contributed by atoms with Crippen LogP contribution in [0.25, 0.3) is 256 Å². The number of halogens is 3. The van der Waals surface area contributed by atoms with E-state index in [-0.39, 0.29) is 11.5 Å². The van der Waals surface area contributed by atoms with Crippen LogP contribution in [-0.2, 0) is 0 Å². The van der Waals surface area contributed by atoms with Gasteiger partial charge in [0.05, 0.1) is 56.6 Å². The lowest BCUT2D eigenvalue weighted by atomic mass is 9.97.